The van der Waals surface area contributed by atoms with Crippen molar-refractivity contribution in [1.29, 1.82) is 0 Å². The fourth-order valence-electron chi connectivity index (χ4n) is 5.03. The van der Waals surface area contributed by atoms with Crippen LogP contribution in [0.3, 0.4) is 0 Å². The van der Waals surface area contributed by atoms with E-state index in [2.05, 4.69) is 5.32 Å². The average molecular weight is 415 g/mol. The molecule has 1 heterocycles. The Hall–Kier alpha value is -3.30. The first-order valence-electron chi connectivity index (χ1n) is 9.82. The van der Waals surface area contributed by atoms with Crippen molar-refractivity contribution in [2.75, 3.05) is 18.5 Å². The summed E-state index contributed by atoms with van der Waals surface area (Å²) in [6.07, 6.45) is 2.80. The normalized spacial score (nSPS) is 26.6. The Balaban J connectivity index is 1.30. The predicted molar refractivity (Wildman–Crippen MR) is 102 cm³/mol. The van der Waals surface area contributed by atoms with Crippen LogP contribution in [-0.2, 0) is 23.9 Å². The zero-order valence-electron chi connectivity index (χ0n) is 16.3. The van der Waals surface area contributed by atoms with Gasteiger partial charge in [-0.1, -0.05) is 6.07 Å². The van der Waals surface area contributed by atoms with Crippen LogP contribution in [0.1, 0.15) is 24.8 Å². The number of likely N-dealkylation sites (tertiary alicyclic amines) is 1. The number of rotatable bonds is 6. The number of imide groups is 1. The second kappa shape index (κ2) is 7.51. The van der Waals surface area contributed by atoms with Gasteiger partial charge in [0.25, 0.3) is 11.6 Å². The molecule has 1 N–H and O–H groups in total. The number of esters is 1. The molecule has 0 radical (unpaired) electrons. The van der Waals surface area contributed by atoms with Crippen LogP contribution in [0.5, 0.6) is 0 Å². The zero-order valence-corrected chi connectivity index (χ0v) is 16.3. The van der Waals surface area contributed by atoms with Crippen molar-refractivity contribution in [3.63, 3.8) is 0 Å². The van der Waals surface area contributed by atoms with E-state index < -0.39 is 30.0 Å². The number of nitro groups is 1. The third-order valence-corrected chi connectivity index (χ3v) is 6.36. The van der Waals surface area contributed by atoms with Crippen molar-refractivity contribution in [2.24, 2.45) is 23.7 Å². The molecule has 1 aromatic rings. The number of fused-ring (bicyclic) bond motifs is 5. The summed E-state index contributed by atoms with van der Waals surface area (Å²) >= 11 is 0. The highest BCUT2D eigenvalue weighted by molar-refractivity contribution is 6.08. The summed E-state index contributed by atoms with van der Waals surface area (Å²) in [5.41, 5.74) is 0.500. The predicted octanol–water partition coefficient (Wildman–Crippen LogP) is 1.42. The zero-order chi connectivity index (χ0) is 21.6. The Morgan fingerprint density at radius 1 is 1.20 bits per heavy atom. The molecule has 4 rings (SSSR count). The first-order valence-corrected chi connectivity index (χ1v) is 9.82. The molecule has 30 heavy (non-hydrogen) atoms. The summed E-state index contributed by atoms with van der Waals surface area (Å²) < 4.78 is 4.90. The van der Waals surface area contributed by atoms with Gasteiger partial charge in [0.05, 0.1) is 16.8 Å². The van der Waals surface area contributed by atoms with Crippen molar-refractivity contribution >= 4 is 35.1 Å². The third-order valence-electron chi connectivity index (χ3n) is 6.36. The van der Waals surface area contributed by atoms with Crippen molar-refractivity contribution in [3.05, 3.63) is 33.9 Å². The molecule has 2 aliphatic carbocycles. The summed E-state index contributed by atoms with van der Waals surface area (Å²) in [4.78, 5) is 60.6. The van der Waals surface area contributed by atoms with Gasteiger partial charge in [-0.2, -0.15) is 0 Å². The molecular formula is C20H21N3O7. The molecule has 3 amide bonds. The van der Waals surface area contributed by atoms with E-state index in [0.717, 1.165) is 24.2 Å². The van der Waals surface area contributed by atoms with Crippen LogP contribution < -0.4 is 5.32 Å². The topological polar surface area (TPSA) is 136 Å². The Morgan fingerprint density at radius 3 is 2.43 bits per heavy atom. The molecular weight excluding hydrogens is 394 g/mol. The van der Waals surface area contributed by atoms with Gasteiger partial charge in [0.15, 0.2) is 6.61 Å². The fourth-order valence-corrected chi connectivity index (χ4v) is 5.03. The number of anilines is 1. The Kier molecular flexibility index (Phi) is 5.00. The third kappa shape index (κ3) is 3.42. The van der Waals surface area contributed by atoms with E-state index in [1.807, 2.05) is 0 Å². The highest BCUT2D eigenvalue weighted by atomic mass is 16.6. The van der Waals surface area contributed by atoms with E-state index >= 15 is 0 Å². The quantitative estimate of drug-likeness (QED) is 0.321. The van der Waals surface area contributed by atoms with Crippen molar-refractivity contribution in [1.82, 2.24) is 4.90 Å². The van der Waals surface area contributed by atoms with E-state index in [1.165, 1.54) is 18.2 Å². The average Bonchev–Trinajstić information content (AvgIpc) is 3.38. The lowest BCUT2D eigenvalue weighted by atomic mass is 9.81. The monoisotopic (exact) mass is 415 g/mol. The number of hydrogen-bond acceptors (Lipinski definition) is 7. The summed E-state index contributed by atoms with van der Waals surface area (Å²) in [5.74, 6) is -2.35. The van der Waals surface area contributed by atoms with Gasteiger partial charge in [0.1, 0.15) is 6.54 Å². The number of ether oxygens (including phenoxy) is 1. The lowest BCUT2D eigenvalue weighted by Gasteiger charge is -2.19. The smallest absolute Gasteiger partial charge is 0.326 e. The molecule has 4 atom stereocenters. The van der Waals surface area contributed by atoms with Crippen LogP contribution in [0.2, 0.25) is 0 Å². The first kappa shape index (κ1) is 20.0. The highest BCUT2D eigenvalue weighted by Gasteiger charge is 2.61. The number of nitrogens with one attached hydrogen (secondary N) is 1. The second-order valence-corrected chi connectivity index (χ2v) is 8.11. The SMILES string of the molecule is Cc1ccc(NC(=O)COC(=O)CN2C(=O)[C@H]3[C@H]4CC[C@@H](C4)[C@@H]3C2=O)cc1[N+](=O)[O-]. The van der Waals surface area contributed by atoms with Gasteiger partial charge in [-0.05, 0) is 44.1 Å². The molecule has 3 fully saturated rings. The number of carbonyl (C=O) groups is 4. The van der Waals surface area contributed by atoms with Gasteiger partial charge in [-0.3, -0.25) is 34.2 Å². The lowest BCUT2D eigenvalue weighted by Crippen LogP contribution is -2.38. The van der Waals surface area contributed by atoms with Gasteiger partial charge in [0.2, 0.25) is 11.8 Å². The van der Waals surface area contributed by atoms with E-state index in [4.69, 9.17) is 4.74 Å². The van der Waals surface area contributed by atoms with Crippen molar-refractivity contribution in [2.45, 2.75) is 26.2 Å². The van der Waals surface area contributed by atoms with Gasteiger partial charge in [0, 0.05) is 17.3 Å². The molecule has 1 aliphatic heterocycles. The molecule has 2 bridgehead atoms. The van der Waals surface area contributed by atoms with Crippen LogP contribution in [0.4, 0.5) is 11.4 Å². The molecule has 3 aliphatic rings. The van der Waals surface area contributed by atoms with Crippen LogP contribution >= 0.6 is 0 Å². The maximum atomic E-state index is 12.6. The molecule has 1 saturated heterocycles. The standard InChI is InChI=1S/C20H21N3O7/c1-10-2-5-13(7-14(10)23(28)29)21-15(24)9-30-16(25)8-22-19(26)17-11-3-4-12(6-11)18(17)20(22)27/h2,5,7,11-12,17-18H,3-4,6,8-9H2,1H3,(H,21,24)/t11-,12-,17-,18-/m0/s1. The Morgan fingerprint density at radius 2 is 1.83 bits per heavy atom. The minimum atomic E-state index is -0.853. The molecule has 10 nitrogen and oxygen atoms in total. The maximum Gasteiger partial charge on any atom is 0.326 e. The van der Waals surface area contributed by atoms with Crippen LogP contribution in [0.15, 0.2) is 18.2 Å². The van der Waals surface area contributed by atoms with Gasteiger partial charge < -0.3 is 10.1 Å². The number of hydrogen-bond donors (Lipinski definition) is 1. The van der Waals surface area contributed by atoms with Crippen molar-refractivity contribution < 1.29 is 28.8 Å². The van der Waals surface area contributed by atoms with E-state index in [9.17, 15) is 29.3 Å². The van der Waals surface area contributed by atoms with Gasteiger partial charge in [-0.15, -0.1) is 0 Å². The molecule has 0 spiro atoms. The second-order valence-electron chi connectivity index (χ2n) is 8.11. The maximum absolute atomic E-state index is 12.6. The van der Waals surface area contributed by atoms with E-state index in [1.54, 1.807) is 6.92 Å². The molecule has 0 aromatic heterocycles. The summed E-state index contributed by atoms with van der Waals surface area (Å²) in [6.45, 7) is 0.439. The minimum absolute atomic E-state index is 0.143. The number of amides is 3. The van der Waals surface area contributed by atoms with Gasteiger partial charge in [-0.25, -0.2) is 0 Å². The highest BCUT2D eigenvalue weighted by Crippen LogP contribution is 2.56. The molecule has 2 saturated carbocycles. The number of nitro benzene ring substituents is 1. The van der Waals surface area contributed by atoms with Crippen LogP contribution in [-0.4, -0.2) is 46.7 Å². The van der Waals surface area contributed by atoms with E-state index in [-0.39, 0.29) is 46.9 Å². The molecule has 1 aromatic carbocycles. The summed E-state index contributed by atoms with van der Waals surface area (Å²) in [6, 6.07) is 4.20. The minimum Gasteiger partial charge on any atom is -0.454 e. The summed E-state index contributed by atoms with van der Waals surface area (Å²) in [5, 5.41) is 13.4. The molecule has 158 valence electrons. The Labute approximate surface area is 171 Å². The van der Waals surface area contributed by atoms with Crippen LogP contribution in [0.25, 0.3) is 0 Å². The van der Waals surface area contributed by atoms with Crippen molar-refractivity contribution in [3.8, 4) is 0 Å². The Bertz CT molecular complexity index is 932. The number of nitrogens with zero attached hydrogens (tertiary/aromatic N) is 2. The van der Waals surface area contributed by atoms with E-state index in [0.29, 0.717) is 5.56 Å². The lowest BCUT2D eigenvalue weighted by molar-refractivity contribution is -0.385. The number of aryl methyl sites for hydroxylation is 1. The molecule has 10 heteroatoms. The van der Waals surface area contributed by atoms with Gasteiger partial charge >= 0.3 is 5.97 Å². The summed E-state index contributed by atoms with van der Waals surface area (Å²) in [7, 11) is 0. The molecule has 0 unspecified atom stereocenters. The first-order chi connectivity index (χ1) is 14.3. The fraction of sp³-hybridized carbons (Fsp3) is 0.500. The largest absolute Gasteiger partial charge is 0.454 e. The van der Waals surface area contributed by atoms with Crippen LogP contribution in [0, 0.1) is 40.7 Å². The number of carbonyl (C=O) groups excluding carboxylic acids is 4. The number of benzene rings is 1.